The number of hydrogen-bond donors (Lipinski definition) is 2. The van der Waals surface area contributed by atoms with Gasteiger partial charge in [0.05, 0.1) is 5.69 Å². The highest BCUT2D eigenvalue weighted by Gasteiger charge is 2.26. The zero-order chi connectivity index (χ0) is 17.8. The maximum Gasteiger partial charge on any atom is 0.325 e. The monoisotopic (exact) mass is 358 g/mol. The van der Waals surface area contributed by atoms with Gasteiger partial charge < -0.3 is 5.32 Å². The van der Waals surface area contributed by atoms with E-state index in [0.717, 1.165) is 49.2 Å². The Balaban J connectivity index is 1.74. The van der Waals surface area contributed by atoms with Gasteiger partial charge in [-0.2, -0.15) is 4.37 Å². The minimum Gasteiger partial charge on any atom is -0.307 e. The van der Waals surface area contributed by atoms with Gasteiger partial charge in [0.2, 0.25) is 5.13 Å². The first-order valence-electron chi connectivity index (χ1n) is 8.62. The van der Waals surface area contributed by atoms with Crippen LogP contribution in [0.5, 0.6) is 0 Å². The minimum absolute atomic E-state index is 0.0701. The Kier molecular flexibility index (Phi) is 5.43. The highest BCUT2D eigenvalue weighted by Crippen LogP contribution is 2.31. The van der Waals surface area contributed by atoms with Gasteiger partial charge in [0.1, 0.15) is 5.82 Å². The Morgan fingerprint density at radius 1 is 1.24 bits per heavy atom. The molecule has 1 heterocycles. The molecule has 132 valence electrons. The van der Waals surface area contributed by atoms with Crippen molar-refractivity contribution in [3.63, 3.8) is 0 Å². The van der Waals surface area contributed by atoms with Crippen LogP contribution < -0.4 is 10.6 Å². The molecule has 1 aliphatic rings. The summed E-state index contributed by atoms with van der Waals surface area (Å²) in [6.45, 7) is 3.90. The fourth-order valence-electron chi connectivity index (χ4n) is 3.08. The van der Waals surface area contributed by atoms with E-state index in [9.17, 15) is 9.59 Å². The number of amides is 2. The third kappa shape index (κ3) is 4.22. The molecule has 1 aromatic carbocycles. The summed E-state index contributed by atoms with van der Waals surface area (Å²) in [5.41, 5.74) is 2.14. The van der Waals surface area contributed by atoms with Crippen LogP contribution in [0.4, 0.5) is 15.6 Å². The summed E-state index contributed by atoms with van der Waals surface area (Å²) in [4.78, 5) is 29.3. The number of benzene rings is 1. The number of urea groups is 1. The van der Waals surface area contributed by atoms with Crippen LogP contribution in [0.1, 0.15) is 54.4 Å². The smallest absolute Gasteiger partial charge is 0.307 e. The molecule has 0 bridgehead atoms. The van der Waals surface area contributed by atoms with Crippen LogP contribution in [0.2, 0.25) is 0 Å². The number of carbonyl (C=O) groups excluding carboxylic acids is 2. The van der Waals surface area contributed by atoms with E-state index in [-0.39, 0.29) is 11.7 Å². The lowest BCUT2D eigenvalue weighted by Crippen LogP contribution is -2.22. The van der Waals surface area contributed by atoms with Gasteiger partial charge in [-0.1, -0.05) is 31.4 Å². The molecule has 1 aliphatic carbocycles. The van der Waals surface area contributed by atoms with Gasteiger partial charge in [-0.25, -0.2) is 9.78 Å². The normalized spacial score (nSPS) is 14.5. The van der Waals surface area contributed by atoms with Crippen molar-refractivity contribution in [2.24, 2.45) is 5.92 Å². The van der Waals surface area contributed by atoms with E-state index in [1.54, 1.807) is 6.07 Å². The average Bonchev–Trinajstić information content (AvgIpc) is 3.27. The number of rotatable bonds is 5. The molecule has 2 N–H and O–H groups in total. The molecule has 1 fully saturated rings. The standard InChI is InChI=1S/C18H22N4O2S/c1-3-15-20-18(25-22-15)21-17(24)19-14-9-8-11(2)10-13(14)16(23)12-6-4-5-7-12/h8-10,12H,3-7H2,1-2H3,(H2,19,20,21,22,24). The Hall–Kier alpha value is -2.28. The quantitative estimate of drug-likeness (QED) is 0.775. The van der Waals surface area contributed by atoms with Crippen molar-refractivity contribution in [1.29, 1.82) is 0 Å². The van der Waals surface area contributed by atoms with E-state index < -0.39 is 6.03 Å². The van der Waals surface area contributed by atoms with Crippen molar-refractivity contribution in [3.8, 4) is 0 Å². The molecule has 2 aromatic rings. The number of carbonyl (C=O) groups is 2. The molecule has 6 nitrogen and oxygen atoms in total. The van der Waals surface area contributed by atoms with Crippen LogP contribution in [0.3, 0.4) is 0 Å². The van der Waals surface area contributed by atoms with E-state index >= 15 is 0 Å². The summed E-state index contributed by atoms with van der Waals surface area (Å²) in [5.74, 6) is 0.897. The van der Waals surface area contributed by atoms with Crippen molar-refractivity contribution in [2.75, 3.05) is 10.6 Å². The highest BCUT2D eigenvalue weighted by molar-refractivity contribution is 7.09. The molecule has 7 heteroatoms. The first kappa shape index (κ1) is 17.5. The number of aromatic nitrogens is 2. The Labute approximate surface area is 151 Å². The van der Waals surface area contributed by atoms with Crippen LogP contribution in [0.25, 0.3) is 0 Å². The lowest BCUT2D eigenvalue weighted by atomic mass is 9.94. The van der Waals surface area contributed by atoms with E-state index in [2.05, 4.69) is 20.0 Å². The predicted octanol–water partition coefficient (Wildman–Crippen LogP) is 4.43. The molecule has 1 saturated carbocycles. The molecular formula is C18H22N4O2S. The first-order valence-corrected chi connectivity index (χ1v) is 9.39. The Morgan fingerprint density at radius 2 is 2.00 bits per heavy atom. The molecule has 0 radical (unpaired) electrons. The first-order chi connectivity index (χ1) is 12.1. The number of anilines is 2. The second-order valence-corrected chi connectivity index (χ2v) is 7.09. The van der Waals surface area contributed by atoms with Gasteiger partial charge in [0, 0.05) is 29.4 Å². The molecule has 2 amide bonds. The molecule has 0 spiro atoms. The highest BCUT2D eigenvalue weighted by atomic mass is 32.1. The van der Waals surface area contributed by atoms with Gasteiger partial charge >= 0.3 is 6.03 Å². The summed E-state index contributed by atoms with van der Waals surface area (Å²) in [5, 5.41) is 5.91. The number of ketones is 1. The summed E-state index contributed by atoms with van der Waals surface area (Å²) in [6, 6.07) is 5.12. The number of nitrogens with zero attached hydrogens (tertiary/aromatic N) is 2. The summed E-state index contributed by atoms with van der Waals surface area (Å²) in [7, 11) is 0. The lowest BCUT2D eigenvalue weighted by Gasteiger charge is -2.14. The van der Waals surface area contributed by atoms with Crippen molar-refractivity contribution < 1.29 is 9.59 Å². The van der Waals surface area contributed by atoms with Crippen LogP contribution >= 0.6 is 11.5 Å². The van der Waals surface area contributed by atoms with Crippen LogP contribution in [-0.4, -0.2) is 21.2 Å². The van der Waals surface area contributed by atoms with Gasteiger partial charge in [0.25, 0.3) is 0 Å². The van der Waals surface area contributed by atoms with Crippen molar-refractivity contribution in [3.05, 3.63) is 35.2 Å². The van der Waals surface area contributed by atoms with Crippen LogP contribution in [0.15, 0.2) is 18.2 Å². The zero-order valence-electron chi connectivity index (χ0n) is 14.5. The molecule has 0 atom stereocenters. The van der Waals surface area contributed by atoms with Gasteiger partial charge in [-0.15, -0.1) is 0 Å². The predicted molar refractivity (Wildman–Crippen MR) is 99.4 cm³/mol. The van der Waals surface area contributed by atoms with E-state index in [4.69, 9.17) is 0 Å². The number of nitrogens with one attached hydrogen (secondary N) is 2. The minimum atomic E-state index is -0.414. The third-order valence-electron chi connectivity index (χ3n) is 4.42. The van der Waals surface area contributed by atoms with Crippen LogP contribution in [-0.2, 0) is 6.42 Å². The van der Waals surface area contributed by atoms with E-state index in [1.165, 1.54) is 0 Å². The second kappa shape index (κ2) is 7.74. The molecular weight excluding hydrogens is 336 g/mol. The van der Waals surface area contributed by atoms with E-state index in [0.29, 0.717) is 22.2 Å². The SMILES string of the molecule is CCc1nsc(NC(=O)Nc2ccc(C)cc2C(=O)C2CCCC2)n1. The van der Waals surface area contributed by atoms with E-state index in [1.807, 2.05) is 26.0 Å². The number of hydrogen-bond acceptors (Lipinski definition) is 5. The average molecular weight is 358 g/mol. The van der Waals surface area contributed by atoms with Gasteiger partial charge in [-0.3, -0.25) is 10.1 Å². The lowest BCUT2D eigenvalue weighted by molar-refractivity contribution is 0.0923. The molecule has 0 aliphatic heterocycles. The Morgan fingerprint density at radius 3 is 2.68 bits per heavy atom. The van der Waals surface area contributed by atoms with Crippen molar-refractivity contribution >= 4 is 34.2 Å². The molecule has 3 rings (SSSR count). The molecule has 25 heavy (non-hydrogen) atoms. The van der Waals surface area contributed by atoms with Gasteiger partial charge in [-0.05, 0) is 31.9 Å². The fraction of sp³-hybridized carbons (Fsp3) is 0.444. The number of Topliss-reactive ketones (excluding diaryl/α,β-unsaturated/α-hetero) is 1. The van der Waals surface area contributed by atoms with Gasteiger partial charge in [0.15, 0.2) is 5.78 Å². The summed E-state index contributed by atoms with van der Waals surface area (Å²) in [6.07, 6.45) is 4.79. The topological polar surface area (TPSA) is 84.0 Å². The second-order valence-electron chi connectivity index (χ2n) is 6.34. The summed E-state index contributed by atoms with van der Waals surface area (Å²) < 4.78 is 4.14. The molecule has 0 saturated heterocycles. The largest absolute Gasteiger partial charge is 0.325 e. The maximum atomic E-state index is 12.8. The Bertz CT molecular complexity index is 781. The van der Waals surface area contributed by atoms with Crippen molar-refractivity contribution in [1.82, 2.24) is 9.36 Å². The van der Waals surface area contributed by atoms with Crippen molar-refractivity contribution in [2.45, 2.75) is 46.0 Å². The third-order valence-corrected chi connectivity index (χ3v) is 5.09. The van der Waals surface area contributed by atoms with Crippen LogP contribution in [0, 0.1) is 12.8 Å². The fourth-order valence-corrected chi connectivity index (χ4v) is 3.72. The summed E-state index contributed by atoms with van der Waals surface area (Å²) >= 11 is 1.15. The number of aryl methyl sites for hydroxylation is 2. The molecule has 0 unspecified atom stereocenters. The maximum absolute atomic E-state index is 12.8. The zero-order valence-corrected chi connectivity index (χ0v) is 15.3. The molecule has 1 aromatic heterocycles.